The fraction of sp³-hybridized carbons (Fsp3) is 0.357. The van der Waals surface area contributed by atoms with E-state index in [0.717, 1.165) is 22.2 Å². The number of fused-ring (bicyclic) bond motifs is 1. The number of aryl methyl sites for hydroxylation is 1. The molecule has 1 saturated heterocycles. The molecule has 192 valence electrons. The largest absolute Gasteiger partial charge is 0.444 e. The molecule has 0 radical (unpaired) electrons. The summed E-state index contributed by atoms with van der Waals surface area (Å²) in [5, 5.41) is 4.25. The first-order valence-corrected chi connectivity index (χ1v) is 12.5. The first kappa shape index (κ1) is 24.5. The number of carbonyl (C=O) groups is 2. The Morgan fingerprint density at radius 3 is 2.30 bits per heavy atom. The van der Waals surface area contributed by atoms with Gasteiger partial charge in [-0.25, -0.2) is 4.79 Å². The highest BCUT2D eigenvalue weighted by Gasteiger charge is 2.29. The molecule has 0 unspecified atom stereocenters. The highest BCUT2D eigenvalue weighted by molar-refractivity contribution is 6.05. The molecule has 0 bridgehead atoms. The van der Waals surface area contributed by atoms with Gasteiger partial charge in [0.05, 0.1) is 17.3 Å². The highest BCUT2D eigenvalue weighted by atomic mass is 16.6. The maximum Gasteiger partial charge on any atom is 0.410 e. The Kier molecular flexibility index (Phi) is 6.45. The van der Waals surface area contributed by atoms with Gasteiger partial charge in [-0.2, -0.15) is 5.10 Å². The molecule has 4 heterocycles. The van der Waals surface area contributed by atoms with E-state index in [4.69, 9.17) is 4.74 Å². The Morgan fingerprint density at radius 2 is 1.65 bits per heavy atom. The molecule has 2 amide bonds. The minimum Gasteiger partial charge on any atom is -0.444 e. The molecule has 4 aromatic rings. The number of benzene rings is 1. The van der Waals surface area contributed by atoms with Crippen LogP contribution in [0.15, 0.2) is 61.2 Å². The maximum absolute atomic E-state index is 13.5. The Morgan fingerprint density at radius 1 is 0.946 bits per heavy atom. The van der Waals surface area contributed by atoms with Crippen molar-refractivity contribution in [1.29, 1.82) is 0 Å². The number of ether oxygens (including phenoxy) is 1. The zero-order chi connectivity index (χ0) is 26.2. The number of carbonyl (C=O) groups excluding carboxylic acids is 2. The number of rotatable bonds is 4. The van der Waals surface area contributed by atoms with Gasteiger partial charge >= 0.3 is 6.09 Å². The quantitative estimate of drug-likeness (QED) is 0.420. The molecular formula is C28H32N6O3. The van der Waals surface area contributed by atoms with Crippen LogP contribution >= 0.6 is 0 Å². The fourth-order valence-electron chi connectivity index (χ4n) is 4.57. The van der Waals surface area contributed by atoms with Crippen LogP contribution < -0.4 is 0 Å². The van der Waals surface area contributed by atoms with Crippen molar-refractivity contribution in [2.75, 3.05) is 26.2 Å². The molecule has 9 nitrogen and oxygen atoms in total. The standard InChI is InChI=1S/C28H32N6O3/c1-28(2,3)37-27(36)33-14-12-32(13-15-33)26(35)23-19-34(24-6-5-11-29-25(23)24)17-20-7-9-21(10-8-20)22-16-30-31(4)18-22/h5-11,16,18-19H,12-15,17H2,1-4H3. The van der Waals surface area contributed by atoms with E-state index in [1.807, 2.05) is 58.5 Å². The van der Waals surface area contributed by atoms with Gasteiger partial charge in [0.1, 0.15) is 11.1 Å². The topological polar surface area (TPSA) is 85.5 Å². The number of hydrogen-bond donors (Lipinski definition) is 0. The van der Waals surface area contributed by atoms with Crippen LogP contribution in [0.4, 0.5) is 4.79 Å². The van der Waals surface area contributed by atoms with Crippen molar-refractivity contribution >= 4 is 23.0 Å². The summed E-state index contributed by atoms with van der Waals surface area (Å²) in [5.74, 6) is -0.0711. The van der Waals surface area contributed by atoms with Crippen LogP contribution in [0.1, 0.15) is 36.7 Å². The number of amides is 2. The van der Waals surface area contributed by atoms with Gasteiger partial charge in [0.2, 0.25) is 0 Å². The lowest BCUT2D eigenvalue weighted by atomic mass is 10.1. The van der Waals surface area contributed by atoms with Crippen LogP contribution in [0.5, 0.6) is 0 Å². The number of hydrogen-bond acceptors (Lipinski definition) is 5. The van der Waals surface area contributed by atoms with Crippen molar-refractivity contribution in [3.05, 3.63) is 72.3 Å². The maximum atomic E-state index is 13.5. The van der Waals surface area contributed by atoms with Gasteiger partial charge in [-0.05, 0) is 44.0 Å². The van der Waals surface area contributed by atoms with Crippen molar-refractivity contribution < 1.29 is 14.3 Å². The molecule has 0 atom stereocenters. The Bertz CT molecular complexity index is 1420. The summed E-state index contributed by atoms with van der Waals surface area (Å²) in [6.45, 7) is 7.95. The van der Waals surface area contributed by atoms with Gasteiger partial charge in [-0.1, -0.05) is 24.3 Å². The minimum absolute atomic E-state index is 0.0711. The Labute approximate surface area is 216 Å². The van der Waals surface area contributed by atoms with Crippen LogP contribution in [0.3, 0.4) is 0 Å². The summed E-state index contributed by atoms with van der Waals surface area (Å²) >= 11 is 0. The lowest BCUT2D eigenvalue weighted by Gasteiger charge is -2.35. The van der Waals surface area contributed by atoms with Crippen LogP contribution in [0.25, 0.3) is 22.2 Å². The molecular weight excluding hydrogens is 468 g/mol. The third kappa shape index (κ3) is 5.35. The van der Waals surface area contributed by atoms with Gasteiger partial charge in [-0.15, -0.1) is 0 Å². The van der Waals surface area contributed by atoms with Crippen molar-refractivity contribution in [2.45, 2.75) is 32.9 Å². The molecule has 0 N–H and O–H groups in total. The SMILES string of the molecule is Cn1cc(-c2ccc(Cn3cc(C(=O)N4CCN(C(=O)OC(C)(C)C)CC4)c4ncccc43)cc2)cn1. The second-order valence-corrected chi connectivity index (χ2v) is 10.4. The van der Waals surface area contributed by atoms with E-state index in [1.165, 1.54) is 0 Å². The Balaban J connectivity index is 1.31. The van der Waals surface area contributed by atoms with Gasteiger partial charge in [0, 0.05) is 63.9 Å². The average Bonchev–Trinajstić information content (AvgIpc) is 3.47. The molecule has 5 rings (SSSR count). The molecule has 0 aliphatic carbocycles. The van der Waals surface area contributed by atoms with Gasteiger partial charge in [-0.3, -0.25) is 14.5 Å². The van der Waals surface area contributed by atoms with E-state index >= 15 is 0 Å². The van der Waals surface area contributed by atoms with E-state index in [9.17, 15) is 9.59 Å². The van der Waals surface area contributed by atoms with Gasteiger partial charge in [0.25, 0.3) is 5.91 Å². The lowest BCUT2D eigenvalue weighted by molar-refractivity contribution is 0.0141. The zero-order valence-corrected chi connectivity index (χ0v) is 21.7. The second-order valence-electron chi connectivity index (χ2n) is 10.4. The summed E-state index contributed by atoms with van der Waals surface area (Å²) in [5.41, 5.74) is 4.94. The minimum atomic E-state index is -0.545. The summed E-state index contributed by atoms with van der Waals surface area (Å²) in [6, 6.07) is 12.3. The van der Waals surface area contributed by atoms with E-state index in [-0.39, 0.29) is 12.0 Å². The van der Waals surface area contributed by atoms with Crippen LogP contribution in [0.2, 0.25) is 0 Å². The van der Waals surface area contributed by atoms with Gasteiger partial charge in [0.15, 0.2) is 0 Å². The summed E-state index contributed by atoms with van der Waals surface area (Å²) in [6.07, 6.45) is 7.12. The smallest absolute Gasteiger partial charge is 0.410 e. The highest BCUT2D eigenvalue weighted by Crippen LogP contribution is 2.24. The molecule has 1 aromatic carbocycles. The van der Waals surface area contributed by atoms with Crippen LogP contribution in [0, 0.1) is 0 Å². The van der Waals surface area contributed by atoms with Crippen molar-refractivity contribution in [3.8, 4) is 11.1 Å². The molecule has 1 aliphatic heterocycles. The third-order valence-corrected chi connectivity index (χ3v) is 6.43. The lowest BCUT2D eigenvalue weighted by Crippen LogP contribution is -2.51. The summed E-state index contributed by atoms with van der Waals surface area (Å²) in [4.78, 5) is 33.9. The normalized spacial score (nSPS) is 14.3. The van der Waals surface area contributed by atoms with Crippen LogP contribution in [-0.4, -0.2) is 72.9 Å². The predicted molar refractivity (Wildman–Crippen MR) is 141 cm³/mol. The first-order chi connectivity index (χ1) is 17.7. The molecule has 0 saturated carbocycles. The number of pyridine rings is 1. The van der Waals surface area contributed by atoms with E-state index < -0.39 is 5.60 Å². The van der Waals surface area contributed by atoms with E-state index in [2.05, 4.69) is 38.9 Å². The zero-order valence-electron chi connectivity index (χ0n) is 21.7. The molecule has 1 fully saturated rings. The molecule has 1 aliphatic rings. The monoisotopic (exact) mass is 500 g/mol. The van der Waals surface area contributed by atoms with Crippen molar-refractivity contribution in [2.24, 2.45) is 7.05 Å². The number of piperazine rings is 1. The van der Waals surface area contributed by atoms with Crippen molar-refractivity contribution in [1.82, 2.24) is 29.1 Å². The summed E-state index contributed by atoms with van der Waals surface area (Å²) in [7, 11) is 1.91. The second kappa shape index (κ2) is 9.72. The van der Waals surface area contributed by atoms with E-state index in [0.29, 0.717) is 43.8 Å². The number of aromatic nitrogens is 4. The van der Waals surface area contributed by atoms with Gasteiger partial charge < -0.3 is 19.1 Å². The molecule has 0 spiro atoms. The van der Waals surface area contributed by atoms with Crippen molar-refractivity contribution in [3.63, 3.8) is 0 Å². The first-order valence-electron chi connectivity index (χ1n) is 12.5. The number of nitrogens with zero attached hydrogens (tertiary/aromatic N) is 6. The molecule has 37 heavy (non-hydrogen) atoms. The predicted octanol–water partition coefficient (Wildman–Crippen LogP) is 4.18. The third-order valence-electron chi connectivity index (χ3n) is 6.43. The molecule has 3 aromatic heterocycles. The van der Waals surface area contributed by atoms with E-state index in [1.54, 1.807) is 20.7 Å². The molecule has 9 heteroatoms. The Hall–Kier alpha value is -4.14. The van der Waals surface area contributed by atoms with Crippen LogP contribution in [-0.2, 0) is 18.3 Å². The average molecular weight is 501 g/mol. The fourth-order valence-corrected chi connectivity index (χ4v) is 4.57. The summed E-state index contributed by atoms with van der Waals surface area (Å²) < 4.78 is 9.34.